The van der Waals surface area contributed by atoms with Crippen molar-refractivity contribution in [1.82, 2.24) is 19.8 Å². The Morgan fingerprint density at radius 1 is 0.959 bits per heavy atom. The standard InChI is InChI=1S/C39H44N4O6/c1-26-31(22-34(46-2)37(48-4)36(26)47-3)39(45)40-23-30(28-10-6-5-7-11-28)16-20-42-18-14-29(15-19-42)35(44)38-41-32-12-8-9-13-33(32)43(38)24-27-17-21-49-25-27/h5-13,17,21-22,25,29-30H,14-16,18-20,23-24H2,1-4H3,(H,40,45). The molecular formula is C39H44N4O6. The van der Waals surface area contributed by atoms with E-state index >= 15 is 0 Å². The third kappa shape index (κ3) is 7.34. The molecule has 0 bridgehead atoms. The van der Waals surface area contributed by atoms with Gasteiger partial charge in [0.2, 0.25) is 11.5 Å². The predicted octanol–water partition coefficient (Wildman–Crippen LogP) is 6.51. The number of carbonyl (C=O) groups excluding carboxylic acids is 2. The number of Topliss-reactive ketones (excluding diaryl/α,β-unsaturated/α-hetero) is 1. The molecule has 3 heterocycles. The normalized spacial score (nSPS) is 14.4. The highest BCUT2D eigenvalue weighted by atomic mass is 16.5. The minimum absolute atomic E-state index is 0.0814. The van der Waals surface area contributed by atoms with Crippen LogP contribution in [0.4, 0.5) is 0 Å². The van der Waals surface area contributed by atoms with Crippen LogP contribution in [-0.4, -0.2) is 73.6 Å². The van der Waals surface area contributed by atoms with Crippen molar-refractivity contribution in [3.63, 3.8) is 0 Å². The largest absolute Gasteiger partial charge is 0.493 e. The highest BCUT2D eigenvalue weighted by molar-refractivity contribution is 5.98. The van der Waals surface area contributed by atoms with Gasteiger partial charge in [0.15, 0.2) is 17.3 Å². The summed E-state index contributed by atoms with van der Waals surface area (Å²) >= 11 is 0. The van der Waals surface area contributed by atoms with Gasteiger partial charge in [0.25, 0.3) is 5.91 Å². The van der Waals surface area contributed by atoms with Gasteiger partial charge in [-0.2, -0.15) is 0 Å². The average molecular weight is 665 g/mol. The quantitative estimate of drug-likeness (QED) is 0.134. The van der Waals surface area contributed by atoms with E-state index in [0.29, 0.717) is 47.3 Å². The van der Waals surface area contributed by atoms with Crippen LogP contribution in [0.15, 0.2) is 83.7 Å². The predicted molar refractivity (Wildman–Crippen MR) is 188 cm³/mol. The van der Waals surface area contributed by atoms with E-state index in [9.17, 15) is 9.59 Å². The summed E-state index contributed by atoms with van der Waals surface area (Å²) in [5.74, 6) is 1.82. The van der Waals surface area contributed by atoms with Crippen molar-refractivity contribution in [3.8, 4) is 17.2 Å². The van der Waals surface area contributed by atoms with Crippen LogP contribution in [0.3, 0.4) is 0 Å². The smallest absolute Gasteiger partial charge is 0.251 e. The second-order valence-corrected chi connectivity index (χ2v) is 12.5. The Labute approximate surface area is 287 Å². The summed E-state index contributed by atoms with van der Waals surface area (Å²) in [4.78, 5) is 34.6. The number of piperidine rings is 1. The number of carbonyl (C=O) groups is 2. The van der Waals surface area contributed by atoms with E-state index in [1.54, 1.807) is 32.8 Å². The van der Waals surface area contributed by atoms with E-state index in [-0.39, 0.29) is 23.5 Å². The lowest BCUT2D eigenvalue weighted by atomic mass is 9.90. The molecule has 6 rings (SSSR count). The summed E-state index contributed by atoms with van der Waals surface area (Å²) in [6.07, 6.45) is 5.78. The molecule has 5 aromatic rings. The third-order valence-electron chi connectivity index (χ3n) is 9.65. The molecule has 1 saturated heterocycles. The number of hydrogen-bond donors (Lipinski definition) is 1. The van der Waals surface area contributed by atoms with Gasteiger partial charge >= 0.3 is 0 Å². The first-order valence-corrected chi connectivity index (χ1v) is 16.8. The summed E-state index contributed by atoms with van der Waals surface area (Å²) < 4.78 is 23.9. The van der Waals surface area contributed by atoms with Crippen LogP contribution in [0.25, 0.3) is 11.0 Å². The van der Waals surface area contributed by atoms with E-state index in [1.165, 1.54) is 12.7 Å². The van der Waals surface area contributed by atoms with Crippen molar-refractivity contribution >= 4 is 22.7 Å². The second-order valence-electron chi connectivity index (χ2n) is 12.5. The Morgan fingerprint density at radius 2 is 1.69 bits per heavy atom. The highest BCUT2D eigenvalue weighted by Crippen LogP contribution is 2.41. The SMILES string of the molecule is COc1cc(C(=O)NCC(CCN2CCC(C(=O)c3nc4ccccc4n3Cc3ccoc3)CC2)c2ccccc2)c(C)c(OC)c1OC. The van der Waals surface area contributed by atoms with Gasteiger partial charge in [-0.15, -0.1) is 0 Å². The lowest BCUT2D eigenvalue weighted by molar-refractivity contribution is 0.0823. The van der Waals surface area contributed by atoms with E-state index in [4.69, 9.17) is 23.6 Å². The van der Waals surface area contributed by atoms with Crippen molar-refractivity contribution in [1.29, 1.82) is 0 Å². The molecule has 1 atom stereocenters. The van der Waals surface area contributed by atoms with E-state index in [0.717, 1.165) is 55.5 Å². The Hall–Kier alpha value is -5.09. The molecule has 0 radical (unpaired) electrons. The van der Waals surface area contributed by atoms with Gasteiger partial charge in [-0.05, 0) is 75.6 Å². The van der Waals surface area contributed by atoms with Gasteiger partial charge in [0.1, 0.15) is 0 Å². The lowest BCUT2D eigenvalue weighted by Crippen LogP contribution is -2.38. The summed E-state index contributed by atoms with van der Waals surface area (Å²) in [7, 11) is 4.64. The fraction of sp³-hybridized carbons (Fsp3) is 0.359. The van der Waals surface area contributed by atoms with Crippen LogP contribution in [0.2, 0.25) is 0 Å². The highest BCUT2D eigenvalue weighted by Gasteiger charge is 2.30. The molecule has 0 aliphatic carbocycles. The number of imidazole rings is 1. The zero-order valence-corrected chi connectivity index (χ0v) is 28.6. The first kappa shape index (κ1) is 33.8. The average Bonchev–Trinajstić information content (AvgIpc) is 3.80. The molecule has 49 heavy (non-hydrogen) atoms. The minimum Gasteiger partial charge on any atom is -0.493 e. The fourth-order valence-electron chi connectivity index (χ4n) is 6.89. The number of likely N-dealkylation sites (tertiary alicyclic amines) is 1. The first-order valence-electron chi connectivity index (χ1n) is 16.8. The zero-order valence-electron chi connectivity index (χ0n) is 28.6. The number of hydrogen-bond acceptors (Lipinski definition) is 8. The molecule has 1 aliphatic heterocycles. The van der Waals surface area contributed by atoms with Gasteiger partial charge in [0, 0.05) is 35.1 Å². The summed E-state index contributed by atoms with van der Waals surface area (Å²) in [6.45, 7) is 5.37. The number of fused-ring (bicyclic) bond motifs is 1. The number of nitrogens with zero attached hydrogens (tertiary/aromatic N) is 3. The number of benzene rings is 3. The van der Waals surface area contributed by atoms with E-state index in [1.807, 2.05) is 60.0 Å². The maximum Gasteiger partial charge on any atom is 0.251 e. The van der Waals surface area contributed by atoms with Crippen molar-refractivity contribution in [2.24, 2.45) is 5.92 Å². The molecule has 1 unspecified atom stereocenters. The molecule has 3 aromatic carbocycles. The first-order chi connectivity index (χ1) is 23.9. The van der Waals surface area contributed by atoms with Gasteiger partial charge in [-0.3, -0.25) is 9.59 Å². The number of ether oxygens (including phenoxy) is 3. The van der Waals surface area contributed by atoms with E-state index < -0.39 is 0 Å². The number of furan rings is 1. The Bertz CT molecular complexity index is 1880. The van der Waals surface area contributed by atoms with Gasteiger partial charge in [-0.25, -0.2) is 4.98 Å². The van der Waals surface area contributed by atoms with E-state index in [2.05, 4.69) is 22.3 Å². The Kier molecular flexibility index (Phi) is 10.6. The molecule has 1 N–H and O–H groups in total. The van der Waals surface area contributed by atoms with Gasteiger partial charge < -0.3 is 33.4 Å². The molecule has 10 nitrogen and oxygen atoms in total. The molecule has 10 heteroatoms. The number of aromatic nitrogens is 2. The summed E-state index contributed by atoms with van der Waals surface area (Å²) in [6, 6.07) is 21.8. The third-order valence-corrected chi connectivity index (χ3v) is 9.65. The van der Waals surface area contributed by atoms with Crippen molar-refractivity contribution in [2.75, 3.05) is 47.5 Å². The van der Waals surface area contributed by atoms with Crippen LogP contribution >= 0.6 is 0 Å². The summed E-state index contributed by atoms with van der Waals surface area (Å²) in [5.41, 5.74) is 5.10. The molecule has 256 valence electrons. The summed E-state index contributed by atoms with van der Waals surface area (Å²) in [5, 5.41) is 3.17. The maximum absolute atomic E-state index is 13.9. The Balaban J connectivity index is 1.09. The van der Waals surface area contributed by atoms with Crippen LogP contribution < -0.4 is 19.5 Å². The van der Waals surface area contributed by atoms with Crippen molar-refractivity contribution in [2.45, 2.75) is 38.6 Å². The molecule has 0 spiro atoms. The molecule has 2 aromatic heterocycles. The number of amides is 1. The van der Waals surface area contributed by atoms with Crippen LogP contribution in [0.5, 0.6) is 17.2 Å². The van der Waals surface area contributed by atoms with Crippen LogP contribution in [-0.2, 0) is 6.54 Å². The number of para-hydroxylation sites is 2. The molecule has 1 aliphatic rings. The monoisotopic (exact) mass is 664 g/mol. The second kappa shape index (κ2) is 15.4. The number of methoxy groups -OCH3 is 3. The fourth-order valence-corrected chi connectivity index (χ4v) is 6.89. The lowest BCUT2D eigenvalue weighted by Gasteiger charge is -2.32. The molecule has 0 saturated carbocycles. The van der Waals surface area contributed by atoms with Crippen LogP contribution in [0.1, 0.15) is 62.8 Å². The molecule has 1 fully saturated rings. The zero-order chi connectivity index (χ0) is 34.3. The number of nitrogens with one attached hydrogen (secondary N) is 1. The van der Waals surface area contributed by atoms with Crippen LogP contribution in [0, 0.1) is 12.8 Å². The van der Waals surface area contributed by atoms with Crippen molar-refractivity contribution in [3.05, 3.63) is 107 Å². The number of ketones is 1. The van der Waals surface area contributed by atoms with Gasteiger partial charge in [0.05, 0.1) is 51.4 Å². The number of rotatable bonds is 14. The molecular weight excluding hydrogens is 620 g/mol. The molecule has 1 amide bonds. The van der Waals surface area contributed by atoms with Gasteiger partial charge in [-0.1, -0.05) is 42.5 Å². The van der Waals surface area contributed by atoms with Crippen molar-refractivity contribution < 1.29 is 28.2 Å². The Morgan fingerprint density at radius 3 is 2.39 bits per heavy atom. The topological polar surface area (TPSA) is 108 Å². The minimum atomic E-state index is -0.198. The maximum atomic E-state index is 13.9.